The Labute approximate surface area is 160 Å². The molecule has 7 nitrogen and oxygen atoms in total. The van der Waals surface area contributed by atoms with Crippen LogP contribution in [0.4, 0.5) is 6.01 Å². The summed E-state index contributed by atoms with van der Waals surface area (Å²) in [5, 5.41) is 12.6. The van der Waals surface area contributed by atoms with Crippen molar-refractivity contribution >= 4 is 22.7 Å². The van der Waals surface area contributed by atoms with Crippen LogP contribution in [0.1, 0.15) is 10.4 Å². The standard InChI is InChI=1S/C21H17N3O4/c1-26-16-9-10-17(18(12-16)27-2)20-23-24-21(28-20)22-19(25)15-8-7-13-5-3-4-6-14(13)11-15/h3-12H,1-2H3,(H,22,24,25). The smallest absolute Gasteiger partial charge is 0.322 e. The van der Waals surface area contributed by atoms with Crippen molar-refractivity contribution in [3.8, 4) is 23.0 Å². The van der Waals surface area contributed by atoms with Crippen LogP contribution in [0.3, 0.4) is 0 Å². The van der Waals surface area contributed by atoms with E-state index in [0.717, 1.165) is 10.8 Å². The minimum Gasteiger partial charge on any atom is -0.497 e. The van der Waals surface area contributed by atoms with Gasteiger partial charge in [-0.1, -0.05) is 35.4 Å². The molecule has 0 saturated heterocycles. The number of ether oxygens (including phenoxy) is 2. The zero-order chi connectivity index (χ0) is 19.5. The number of aromatic nitrogens is 2. The molecule has 0 spiro atoms. The molecule has 4 aromatic rings. The molecule has 28 heavy (non-hydrogen) atoms. The van der Waals surface area contributed by atoms with E-state index in [1.54, 1.807) is 31.4 Å². The normalized spacial score (nSPS) is 10.6. The van der Waals surface area contributed by atoms with Crippen LogP contribution in [-0.2, 0) is 0 Å². The lowest BCUT2D eigenvalue weighted by Crippen LogP contribution is -2.12. The summed E-state index contributed by atoms with van der Waals surface area (Å²) in [7, 11) is 3.11. The number of amides is 1. The van der Waals surface area contributed by atoms with Gasteiger partial charge < -0.3 is 13.9 Å². The average Bonchev–Trinajstić information content (AvgIpc) is 3.21. The first-order valence-electron chi connectivity index (χ1n) is 8.54. The predicted octanol–water partition coefficient (Wildman–Crippen LogP) is 4.16. The number of carbonyl (C=O) groups excluding carboxylic acids is 1. The summed E-state index contributed by atoms with van der Waals surface area (Å²) < 4.78 is 16.1. The Kier molecular flexibility index (Phi) is 4.63. The maximum atomic E-state index is 12.5. The Bertz CT molecular complexity index is 1150. The van der Waals surface area contributed by atoms with E-state index in [4.69, 9.17) is 13.9 Å². The Morgan fingerprint density at radius 1 is 0.929 bits per heavy atom. The lowest BCUT2D eigenvalue weighted by atomic mass is 10.1. The number of hydrogen-bond donors (Lipinski definition) is 1. The third-order valence-electron chi connectivity index (χ3n) is 4.30. The fourth-order valence-corrected chi connectivity index (χ4v) is 2.86. The second-order valence-electron chi connectivity index (χ2n) is 5.99. The highest BCUT2D eigenvalue weighted by Crippen LogP contribution is 2.33. The molecule has 0 saturated carbocycles. The van der Waals surface area contributed by atoms with Crippen molar-refractivity contribution in [2.24, 2.45) is 0 Å². The number of hydrogen-bond acceptors (Lipinski definition) is 6. The molecule has 7 heteroatoms. The van der Waals surface area contributed by atoms with Crippen molar-refractivity contribution in [2.45, 2.75) is 0 Å². The maximum Gasteiger partial charge on any atom is 0.322 e. The van der Waals surface area contributed by atoms with Crippen LogP contribution in [-0.4, -0.2) is 30.3 Å². The highest BCUT2D eigenvalue weighted by atomic mass is 16.5. The predicted molar refractivity (Wildman–Crippen MR) is 105 cm³/mol. The zero-order valence-corrected chi connectivity index (χ0v) is 15.3. The average molecular weight is 375 g/mol. The molecule has 1 heterocycles. The van der Waals surface area contributed by atoms with Gasteiger partial charge in [0, 0.05) is 11.6 Å². The molecule has 0 aliphatic carbocycles. The lowest BCUT2D eigenvalue weighted by Gasteiger charge is -2.07. The van der Waals surface area contributed by atoms with Crippen LogP contribution >= 0.6 is 0 Å². The van der Waals surface area contributed by atoms with Gasteiger partial charge in [-0.25, -0.2) is 0 Å². The number of nitrogens with one attached hydrogen (secondary N) is 1. The Hall–Kier alpha value is -3.87. The molecular formula is C21H17N3O4. The summed E-state index contributed by atoms with van der Waals surface area (Å²) in [4.78, 5) is 12.5. The van der Waals surface area contributed by atoms with Gasteiger partial charge in [0.15, 0.2) is 0 Å². The van der Waals surface area contributed by atoms with E-state index in [-0.39, 0.29) is 17.8 Å². The lowest BCUT2D eigenvalue weighted by molar-refractivity contribution is 0.102. The van der Waals surface area contributed by atoms with Gasteiger partial charge in [-0.15, -0.1) is 5.10 Å². The maximum absolute atomic E-state index is 12.5. The number of methoxy groups -OCH3 is 2. The number of benzene rings is 3. The number of carbonyl (C=O) groups is 1. The second kappa shape index (κ2) is 7.40. The fourth-order valence-electron chi connectivity index (χ4n) is 2.86. The molecule has 1 amide bonds. The van der Waals surface area contributed by atoms with Gasteiger partial charge in [-0.2, -0.15) is 0 Å². The second-order valence-corrected chi connectivity index (χ2v) is 5.99. The van der Waals surface area contributed by atoms with Crippen molar-refractivity contribution in [1.82, 2.24) is 10.2 Å². The van der Waals surface area contributed by atoms with Crippen LogP contribution in [0.2, 0.25) is 0 Å². The largest absolute Gasteiger partial charge is 0.497 e. The summed E-state index contributed by atoms with van der Waals surface area (Å²) in [5.41, 5.74) is 1.10. The summed E-state index contributed by atoms with van der Waals surface area (Å²) in [6.07, 6.45) is 0. The van der Waals surface area contributed by atoms with Gasteiger partial charge in [0.1, 0.15) is 11.5 Å². The molecule has 4 rings (SSSR count). The van der Waals surface area contributed by atoms with Gasteiger partial charge in [-0.3, -0.25) is 10.1 Å². The summed E-state index contributed by atoms with van der Waals surface area (Å²) in [5.74, 6) is 1.07. The van der Waals surface area contributed by atoms with Crippen molar-refractivity contribution in [1.29, 1.82) is 0 Å². The molecule has 0 bridgehead atoms. The van der Waals surface area contributed by atoms with Crippen molar-refractivity contribution in [3.05, 3.63) is 66.2 Å². The van der Waals surface area contributed by atoms with Crippen molar-refractivity contribution in [3.63, 3.8) is 0 Å². The number of anilines is 1. The SMILES string of the molecule is COc1ccc(-c2nnc(NC(=O)c3ccc4ccccc4c3)o2)c(OC)c1. The first kappa shape index (κ1) is 17.5. The molecule has 0 radical (unpaired) electrons. The molecule has 0 fully saturated rings. The van der Waals surface area contributed by atoms with Gasteiger partial charge >= 0.3 is 6.01 Å². The monoisotopic (exact) mass is 375 g/mol. The molecule has 140 valence electrons. The Morgan fingerprint density at radius 3 is 2.54 bits per heavy atom. The van der Waals surface area contributed by atoms with Gasteiger partial charge in [0.25, 0.3) is 11.8 Å². The quantitative estimate of drug-likeness (QED) is 0.564. The van der Waals surface area contributed by atoms with Crippen molar-refractivity contribution < 1.29 is 18.7 Å². The molecule has 0 aliphatic rings. The molecule has 3 aromatic carbocycles. The summed E-state index contributed by atoms with van der Waals surface area (Å²) in [6.45, 7) is 0. The van der Waals surface area contributed by atoms with Crippen molar-refractivity contribution in [2.75, 3.05) is 19.5 Å². The summed E-state index contributed by atoms with van der Waals surface area (Å²) >= 11 is 0. The molecule has 0 unspecified atom stereocenters. The first-order chi connectivity index (χ1) is 13.7. The van der Waals surface area contributed by atoms with Crippen LogP contribution in [0.25, 0.3) is 22.2 Å². The minimum atomic E-state index is -0.331. The van der Waals surface area contributed by atoms with Crippen LogP contribution in [0, 0.1) is 0 Å². The number of rotatable bonds is 5. The third kappa shape index (κ3) is 3.37. The zero-order valence-electron chi connectivity index (χ0n) is 15.3. The number of fused-ring (bicyclic) bond motifs is 1. The Morgan fingerprint density at radius 2 is 1.75 bits per heavy atom. The van der Waals surface area contributed by atoms with E-state index in [9.17, 15) is 4.79 Å². The van der Waals surface area contributed by atoms with E-state index in [1.807, 2.05) is 36.4 Å². The van der Waals surface area contributed by atoms with E-state index >= 15 is 0 Å². The van der Waals surface area contributed by atoms with Gasteiger partial charge in [0.2, 0.25) is 0 Å². The Balaban J connectivity index is 1.56. The van der Waals surface area contributed by atoms with Crippen LogP contribution in [0.15, 0.2) is 65.1 Å². The van der Waals surface area contributed by atoms with Gasteiger partial charge in [-0.05, 0) is 35.0 Å². The number of nitrogens with zero attached hydrogens (tertiary/aromatic N) is 2. The van der Waals surface area contributed by atoms with Crippen LogP contribution in [0.5, 0.6) is 11.5 Å². The van der Waals surface area contributed by atoms with Gasteiger partial charge in [0.05, 0.1) is 19.8 Å². The minimum absolute atomic E-state index is 0.00558. The van der Waals surface area contributed by atoms with E-state index in [1.165, 1.54) is 7.11 Å². The third-order valence-corrected chi connectivity index (χ3v) is 4.30. The van der Waals surface area contributed by atoms with Crippen LogP contribution < -0.4 is 14.8 Å². The molecule has 0 atom stereocenters. The highest BCUT2D eigenvalue weighted by Gasteiger charge is 2.16. The molecular weight excluding hydrogens is 358 g/mol. The van der Waals surface area contributed by atoms with E-state index in [0.29, 0.717) is 22.6 Å². The fraction of sp³-hybridized carbons (Fsp3) is 0.0952. The highest BCUT2D eigenvalue weighted by molar-refractivity contribution is 6.05. The summed E-state index contributed by atoms with van der Waals surface area (Å²) in [6, 6.07) is 18.5. The molecule has 1 aromatic heterocycles. The van der Waals surface area contributed by atoms with E-state index < -0.39 is 0 Å². The van der Waals surface area contributed by atoms with E-state index in [2.05, 4.69) is 15.5 Å². The molecule has 0 aliphatic heterocycles. The molecule has 1 N–H and O–H groups in total. The topological polar surface area (TPSA) is 86.5 Å². The first-order valence-corrected chi connectivity index (χ1v) is 8.54.